The van der Waals surface area contributed by atoms with Crippen molar-refractivity contribution in [2.75, 3.05) is 0 Å². The summed E-state index contributed by atoms with van der Waals surface area (Å²) in [6, 6.07) is 30.5. The third kappa shape index (κ3) is 3.09. The van der Waals surface area contributed by atoms with Crippen LogP contribution in [0.15, 0.2) is 91.0 Å². The van der Waals surface area contributed by atoms with E-state index in [1.54, 1.807) is 0 Å². The number of hydrogen-bond acceptors (Lipinski definition) is 2. The molecule has 0 aliphatic carbocycles. The largest absolute Gasteiger partial charge is 0.426 e. The second-order valence-electron chi connectivity index (χ2n) is 6.20. The summed E-state index contributed by atoms with van der Waals surface area (Å²) in [7, 11) is 0. The highest BCUT2D eigenvalue weighted by Crippen LogP contribution is 2.38. The van der Waals surface area contributed by atoms with E-state index < -0.39 is 0 Å². The number of carbonyl (C=O) groups excluding carboxylic acids is 1. The summed E-state index contributed by atoms with van der Waals surface area (Å²) >= 11 is 0. The second kappa shape index (κ2) is 6.85. The Balaban J connectivity index is 2.00. The van der Waals surface area contributed by atoms with Gasteiger partial charge in [0, 0.05) is 12.3 Å². The average molecular weight is 338 g/mol. The first kappa shape index (κ1) is 16.1. The predicted octanol–water partition coefficient (Wildman–Crippen LogP) is 6.10. The zero-order chi connectivity index (χ0) is 17.9. The average Bonchev–Trinajstić information content (AvgIpc) is 2.68. The molecule has 0 N–H and O–H groups in total. The molecule has 0 unspecified atom stereocenters. The predicted molar refractivity (Wildman–Crippen MR) is 106 cm³/mol. The molecule has 0 radical (unpaired) electrons. The standard InChI is InChI=1S/C24H18O2/c1-17(25)26-23-16-21(18-9-4-2-5-10-18)15-20-13-8-14-22(24(20)23)19-11-6-3-7-12-19/h2-16H,1H3. The number of hydrogen-bond donors (Lipinski definition) is 0. The van der Waals surface area contributed by atoms with Crippen LogP contribution >= 0.6 is 0 Å². The van der Waals surface area contributed by atoms with Crippen LogP contribution in [-0.2, 0) is 4.79 Å². The lowest BCUT2D eigenvalue weighted by molar-refractivity contribution is -0.131. The van der Waals surface area contributed by atoms with Crippen LogP contribution in [0.2, 0.25) is 0 Å². The Hall–Kier alpha value is -3.39. The molecule has 4 aromatic rings. The summed E-state index contributed by atoms with van der Waals surface area (Å²) in [6.07, 6.45) is 0. The van der Waals surface area contributed by atoms with E-state index in [9.17, 15) is 4.79 Å². The fraction of sp³-hybridized carbons (Fsp3) is 0.0417. The zero-order valence-corrected chi connectivity index (χ0v) is 14.5. The summed E-state index contributed by atoms with van der Waals surface area (Å²) in [5.74, 6) is 0.271. The molecule has 0 aromatic heterocycles. The first-order valence-corrected chi connectivity index (χ1v) is 8.58. The summed E-state index contributed by atoms with van der Waals surface area (Å²) in [6.45, 7) is 1.44. The van der Waals surface area contributed by atoms with Crippen LogP contribution in [0.3, 0.4) is 0 Å². The second-order valence-corrected chi connectivity index (χ2v) is 6.20. The van der Waals surface area contributed by atoms with Gasteiger partial charge in [-0.2, -0.15) is 0 Å². The molecule has 0 aliphatic heterocycles. The van der Waals surface area contributed by atoms with E-state index in [2.05, 4.69) is 42.5 Å². The van der Waals surface area contributed by atoms with Gasteiger partial charge >= 0.3 is 5.97 Å². The summed E-state index contributed by atoms with van der Waals surface area (Å²) in [5, 5.41) is 2.00. The van der Waals surface area contributed by atoms with Crippen LogP contribution in [0.25, 0.3) is 33.0 Å². The SMILES string of the molecule is CC(=O)Oc1cc(-c2ccccc2)cc2cccc(-c3ccccc3)c12. The normalized spacial score (nSPS) is 10.7. The van der Waals surface area contributed by atoms with Gasteiger partial charge in [-0.25, -0.2) is 0 Å². The Labute approximate surface area is 152 Å². The quantitative estimate of drug-likeness (QED) is 0.333. The van der Waals surface area contributed by atoms with E-state index in [-0.39, 0.29) is 5.97 Å². The Morgan fingerprint density at radius 2 is 1.35 bits per heavy atom. The van der Waals surface area contributed by atoms with Crippen molar-refractivity contribution in [3.63, 3.8) is 0 Å². The van der Waals surface area contributed by atoms with Gasteiger partial charge in [0.25, 0.3) is 0 Å². The van der Waals surface area contributed by atoms with Gasteiger partial charge < -0.3 is 4.74 Å². The maximum Gasteiger partial charge on any atom is 0.308 e. The molecule has 0 spiro atoms. The third-order valence-electron chi connectivity index (χ3n) is 4.39. The molecule has 0 amide bonds. The molecule has 0 saturated heterocycles. The maximum atomic E-state index is 11.7. The maximum absolute atomic E-state index is 11.7. The van der Waals surface area contributed by atoms with Crippen LogP contribution in [0.4, 0.5) is 0 Å². The van der Waals surface area contributed by atoms with Gasteiger partial charge in [0.15, 0.2) is 0 Å². The highest BCUT2D eigenvalue weighted by molar-refractivity contribution is 6.03. The molecule has 0 heterocycles. The summed E-state index contributed by atoms with van der Waals surface area (Å²) in [5.41, 5.74) is 4.27. The molecule has 126 valence electrons. The van der Waals surface area contributed by atoms with Crippen LogP contribution < -0.4 is 4.74 Å². The lowest BCUT2D eigenvalue weighted by Crippen LogP contribution is -2.02. The van der Waals surface area contributed by atoms with Gasteiger partial charge in [0.05, 0.1) is 0 Å². The van der Waals surface area contributed by atoms with E-state index in [0.717, 1.165) is 33.0 Å². The molecule has 26 heavy (non-hydrogen) atoms. The molecule has 0 bridgehead atoms. The summed E-state index contributed by atoms with van der Waals surface area (Å²) in [4.78, 5) is 11.7. The topological polar surface area (TPSA) is 26.3 Å². The van der Waals surface area contributed by atoms with Crippen LogP contribution in [0.5, 0.6) is 5.75 Å². The summed E-state index contributed by atoms with van der Waals surface area (Å²) < 4.78 is 5.61. The molecular formula is C24H18O2. The van der Waals surface area contributed by atoms with Crippen LogP contribution in [0, 0.1) is 0 Å². The van der Waals surface area contributed by atoms with Crippen molar-refractivity contribution in [3.05, 3.63) is 91.0 Å². The Morgan fingerprint density at radius 1 is 0.692 bits per heavy atom. The number of fused-ring (bicyclic) bond motifs is 1. The molecule has 0 aliphatic rings. The highest BCUT2D eigenvalue weighted by Gasteiger charge is 2.13. The van der Waals surface area contributed by atoms with Crippen LogP contribution in [0.1, 0.15) is 6.92 Å². The minimum absolute atomic E-state index is 0.320. The van der Waals surface area contributed by atoms with Gasteiger partial charge in [-0.05, 0) is 39.8 Å². The van der Waals surface area contributed by atoms with Crippen molar-refractivity contribution in [2.45, 2.75) is 6.92 Å². The number of esters is 1. The van der Waals surface area contributed by atoms with Gasteiger partial charge in [0.1, 0.15) is 5.75 Å². The van der Waals surface area contributed by atoms with Gasteiger partial charge in [-0.15, -0.1) is 0 Å². The van der Waals surface area contributed by atoms with Crippen molar-refractivity contribution >= 4 is 16.7 Å². The van der Waals surface area contributed by atoms with E-state index in [0.29, 0.717) is 5.75 Å². The monoisotopic (exact) mass is 338 g/mol. The van der Waals surface area contributed by atoms with E-state index >= 15 is 0 Å². The van der Waals surface area contributed by atoms with Crippen molar-refractivity contribution < 1.29 is 9.53 Å². The number of ether oxygens (including phenoxy) is 1. The Morgan fingerprint density at radius 3 is 2.00 bits per heavy atom. The first-order valence-electron chi connectivity index (χ1n) is 8.58. The van der Waals surface area contributed by atoms with Crippen molar-refractivity contribution in [1.82, 2.24) is 0 Å². The zero-order valence-electron chi connectivity index (χ0n) is 14.5. The van der Waals surface area contributed by atoms with E-state index in [1.165, 1.54) is 6.92 Å². The molecule has 0 fully saturated rings. The number of rotatable bonds is 3. The molecule has 4 rings (SSSR count). The molecule has 0 atom stereocenters. The van der Waals surface area contributed by atoms with E-state index in [4.69, 9.17) is 4.74 Å². The highest BCUT2D eigenvalue weighted by atomic mass is 16.5. The molecular weight excluding hydrogens is 320 g/mol. The molecule has 2 nitrogen and oxygen atoms in total. The Bertz CT molecular complexity index is 1070. The van der Waals surface area contributed by atoms with Crippen molar-refractivity contribution in [3.8, 4) is 28.0 Å². The number of benzene rings is 4. The third-order valence-corrected chi connectivity index (χ3v) is 4.39. The van der Waals surface area contributed by atoms with Gasteiger partial charge in [-0.1, -0.05) is 78.9 Å². The van der Waals surface area contributed by atoms with E-state index in [1.807, 2.05) is 48.5 Å². The lowest BCUT2D eigenvalue weighted by Gasteiger charge is -2.14. The fourth-order valence-electron chi connectivity index (χ4n) is 3.28. The lowest BCUT2D eigenvalue weighted by atomic mass is 9.94. The fourth-order valence-corrected chi connectivity index (χ4v) is 3.28. The van der Waals surface area contributed by atoms with Crippen molar-refractivity contribution in [1.29, 1.82) is 0 Å². The molecule has 4 aromatic carbocycles. The number of carbonyl (C=O) groups is 1. The first-order chi connectivity index (χ1) is 12.7. The van der Waals surface area contributed by atoms with Crippen molar-refractivity contribution in [2.24, 2.45) is 0 Å². The minimum Gasteiger partial charge on any atom is -0.426 e. The van der Waals surface area contributed by atoms with Crippen LogP contribution in [-0.4, -0.2) is 5.97 Å². The molecule has 2 heteroatoms. The minimum atomic E-state index is -0.320. The van der Waals surface area contributed by atoms with Gasteiger partial charge in [0.2, 0.25) is 0 Å². The van der Waals surface area contributed by atoms with Gasteiger partial charge in [-0.3, -0.25) is 4.79 Å². The molecule has 0 saturated carbocycles. The smallest absolute Gasteiger partial charge is 0.308 e. The Kier molecular flexibility index (Phi) is 4.24.